The Morgan fingerprint density at radius 3 is 2.48 bits per heavy atom. The Bertz CT molecular complexity index is 821. The SMILES string of the molecule is O=c1ccc(C2CC2)nn1CC1CN(c2ccc(C(F)(F)F)cn2)C1. The monoisotopic (exact) mass is 350 g/mol. The van der Waals surface area contributed by atoms with Gasteiger partial charge in [0.2, 0.25) is 0 Å². The van der Waals surface area contributed by atoms with Crippen LogP contribution < -0.4 is 10.5 Å². The molecule has 1 aliphatic carbocycles. The van der Waals surface area contributed by atoms with E-state index in [9.17, 15) is 18.0 Å². The standard InChI is InChI=1S/C17H17F3N4O/c18-17(19,20)13-3-5-15(21-7-13)23-8-11(9-23)10-24-16(25)6-4-14(22-24)12-1-2-12/h3-7,11-12H,1-2,8-10H2. The Morgan fingerprint density at radius 2 is 1.88 bits per heavy atom. The van der Waals surface area contributed by atoms with E-state index in [1.54, 1.807) is 12.1 Å². The van der Waals surface area contributed by atoms with Gasteiger partial charge in [-0.2, -0.15) is 18.3 Å². The minimum absolute atomic E-state index is 0.115. The van der Waals surface area contributed by atoms with Crippen molar-refractivity contribution in [3.63, 3.8) is 0 Å². The van der Waals surface area contributed by atoms with Crippen molar-refractivity contribution < 1.29 is 13.2 Å². The van der Waals surface area contributed by atoms with E-state index in [1.165, 1.54) is 10.7 Å². The Morgan fingerprint density at radius 1 is 1.12 bits per heavy atom. The van der Waals surface area contributed by atoms with Gasteiger partial charge in [0.25, 0.3) is 5.56 Å². The molecular weight excluding hydrogens is 333 g/mol. The van der Waals surface area contributed by atoms with Gasteiger partial charge in [0.05, 0.1) is 17.8 Å². The zero-order valence-electron chi connectivity index (χ0n) is 13.4. The maximum Gasteiger partial charge on any atom is 0.417 e. The lowest BCUT2D eigenvalue weighted by molar-refractivity contribution is -0.137. The molecule has 3 heterocycles. The first kappa shape index (κ1) is 16.1. The molecule has 1 aliphatic heterocycles. The molecule has 132 valence electrons. The summed E-state index contributed by atoms with van der Waals surface area (Å²) in [6.45, 7) is 1.83. The highest BCUT2D eigenvalue weighted by Crippen LogP contribution is 2.38. The van der Waals surface area contributed by atoms with Crippen molar-refractivity contribution in [1.29, 1.82) is 0 Å². The molecule has 2 aromatic heterocycles. The molecule has 0 bridgehead atoms. The lowest BCUT2D eigenvalue weighted by Crippen LogP contribution is -2.50. The average molecular weight is 350 g/mol. The Labute approximate surface area is 142 Å². The van der Waals surface area contributed by atoms with Crippen molar-refractivity contribution in [3.05, 3.63) is 52.1 Å². The quantitative estimate of drug-likeness (QED) is 0.851. The molecule has 2 aromatic rings. The van der Waals surface area contributed by atoms with Crippen molar-refractivity contribution in [2.24, 2.45) is 5.92 Å². The van der Waals surface area contributed by atoms with Crippen LogP contribution in [-0.2, 0) is 12.7 Å². The summed E-state index contributed by atoms with van der Waals surface area (Å²) in [4.78, 5) is 17.7. The molecule has 4 rings (SSSR count). The van der Waals surface area contributed by atoms with E-state index in [1.807, 2.05) is 4.90 Å². The summed E-state index contributed by atoms with van der Waals surface area (Å²) in [6, 6.07) is 5.79. The molecule has 1 saturated carbocycles. The lowest BCUT2D eigenvalue weighted by Gasteiger charge is -2.40. The van der Waals surface area contributed by atoms with Gasteiger partial charge in [-0.1, -0.05) is 0 Å². The topological polar surface area (TPSA) is 51.0 Å². The zero-order chi connectivity index (χ0) is 17.6. The molecule has 0 unspecified atom stereocenters. The Balaban J connectivity index is 1.38. The van der Waals surface area contributed by atoms with Gasteiger partial charge >= 0.3 is 6.18 Å². The van der Waals surface area contributed by atoms with Gasteiger partial charge in [-0.05, 0) is 31.0 Å². The maximum atomic E-state index is 12.6. The molecule has 0 atom stereocenters. The van der Waals surface area contributed by atoms with Crippen LogP contribution >= 0.6 is 0 Å². The fourth-order valence-corrected chi connectivity index (χ4v) is 3.05. The highest BCUT2D eigenvalue weighted by atomic mass is 19.4. The van der Waals surface area contributed by atoms with Crippen LogP contribution in [0.25, 0.3) is 0 Å². The van der Waals surface area contributed by atoms with E-state index in [0.717, 1.165) is 30.8 Å². The van der Waals surface area contributed by atoms with Gasteiger partial charge in [0.1, 0.15) is 5.82 Å². The Kier molecular flexibility index (Phi) is 3.77. The molecule has 5 nitrogen and oxygen atoms in total. The highest BCUT2D eigenvalue weighted by Gasteiger charge is 2.33. The first-order chi connectivity index (χ1) is 11.9. The first-order valence-corrected chi connectivity index (χ1v) is 8.26. The Hall–Kier alpha value is -2.38. The smallest absolute Gasteiger partial charge is 0.356 e. The fraction of sp³-hybridized carbons (Fsp3) is 0.471. The molecule has 1 saturated heterocycles. The number of anilines is 1. The molecule has 0 spiro atoms. The molecule has 25 heavy (non-hydrogen) atoms. The van der Waals surface area contributed by atoms with E-state index < -0.39 is 11.7 Å². The average Bonchev–Trinajstić information content (AvgIpc) is 3.36. The summed E-state index contributed by atoms with van der Waals surface area (Å²) in [5.41, 5.74) is 0.108. The van der Waals surface area contributed by atoms with Crippen LogP contribution in [-0.4, -0.2) is 27.9 Å². The largest absolute Gasteiger partial charge is 0.417 e. The minimum Gasteiger partial charge on any atom is -0.356 e. The first-order valence-electron chi connectivity index (χ1n) is 8.26. The van der Waals surface area contributed by atoms with E-state index >= 15 is 0 Å². The number of pyridine rings is 1. The van der Waals surface area contributed by atoms with E-state index in [0.29, 0.717) is 31.4 Å². The predicted octanol–water partition coefficient (Wildman–Crippen LogP) is 2.67. The minimum atomic E-state index is -4.37. The highest BCUT2D eigenvalue weighted by molar-refractivity contribution is 5.42. The third-order valence-electron chi connectivity index (χ3n) is 4.67. The van der Waals surface area contributed by atoms with Crippen molar-refractivity contribution in [3.8, 4) is 0 Å². The molecular formula is C17H17F3N4O. The maximum absolute atomic E-state index is 12.6. The number of alkyl halides is 3. The predicted molar refractivity (Wildman–Crippen MR) is 85.4 cm³/mol. The third-order valence-corrected chi connectivity index (χ3v) is 4.67. The van der Waals surface area contributed by atoms with Gasteiger partial charge in [-0.25, -0.2) is 9.67 Å². The van der Waals surface area contributed by atoms with Crippen LogP contribution in [0.2, 0.25) is 0 Å². The van der Waals surface area contributed by atoms with E-state index in [4.69, 9.17) is 0 Å². The molecule has 0 aromatic carbocycles. The van der Waals surface area contributed by atoms with Crippen LogP contribution in [0.15, 0.2) is 35.3 Å². The van der Waals surface area contributed by atoms with Gasteiger partial charge in [0, 0.05) is 37.2 Å². The second-order valence-electron chi connectivity index (χ2n) is 6.73. The van der Waals surface area contributed by atoms with Gasteiger partial charge in [0.15, 0.2) is 0 Å². The summed E-state index contributed by atoms with van der Waals surface area (Å²) >= 11 is 0. The van der Waals surface area contributed by atoms with Gasteiger partial charge < -0.3 is 4.90 Å². The van der Waals surface area contributed by atoms with Gasteiger partial charge in [-0.15, -0.1) is 0 Å². The number of rotatable bonds is 4. The molecule has 2 aliphatic rings. The summed E-state index contributed by atoms with van der Waals surface area (Å²) in [5.74, 6) is 1.25. The summed E-state index contributed by atoms with van der Waals surface area (Å²) in [5, 5.41) is 4.44. The van der Waals surface area contributed by atoms with Gasteiger partial charge in [-0.3, -0.25) is 4.79 Å². The lowest BCUT2D eigenvalue weighted by atomic mass is 10.00. The second-order valence-corrected chi connectivity index (χ2v) is 6.73. The number of halogens is 3. The van der Waals surface area contributed by atoms with Crippen molar-refractivity contribution in [2.75, 3.05) is 18.0 Å². The van der Waals surface area contributed by atoms with Crippen molar-refractivity contribution in [1.82, 2.24) is 14.8 Å². The number of hydrogen-bond acceptors (Lipinski definition) is 4. The van der Waals surface area contributed by atoms with Crippen molar-refractivity contribution >= 4 is 5.82 Å². The summed E-state index contributed by atoms with van der Waals surface area (Å²) in [6.07, 6.45) is -1.26. The number of nitrogens with zero attached hydrogens (tertiary/aromatic N) is 4. The molecule has 0 radical (unpaired) electrons. The van der Waals surface area contributed by atoms with Crippen LogP contribution in [0.1, 0.15) is 30.0 Å². The zero-order valence-corrected chi connectivity index (χ0v) is 13.4. The summed E-state index contributed by atoms with van der Waals surface area (Å²) < 4.78 is 39.2. The molecule has 0 amide bonds. The van der Waals surface area contributed by atoms with Crippen LogP contribution in [0.5, 0.6) is 0 Å². The van der Waals surface area contributed by atoms with Crippen LogP contribution in [0.4, 0.5) is 19.0 Å². The van der Waals surface area contributed by atoms with E-state index in [-0.39, 0.29) is 11.5 Å². The summed E-state index contributed by atoms with van der Waals surface area (Å²) in [7, 11) is 0. The fourth-order valence-electron chi connectivity index (χ4n) is 3.05. The normalized spacial score (nSPS) is 18.3. The molecule has 2 fully saturated rings. The number of aromatic nitrogens is 3. The van der Waals surface area contributed by atoms with Crippen molar-refractivity contribution in [2.45, 2.75) is 31.5 Å². The molecule has 8 heteroatoms. The molecule has 0 N–H and O–H groups in total. The second kappa shape index (κ2) is 5.86. The third kappa shape index (κ3) is 3.38. The van der Waals surface area contributed by atoms with E-state index in [2.05, 4.69) is 10.1 Å². The number of hydrogen-bond donors (Lipinski definition) is 0. The van der Waals surface area contributed by atoms with Crippen LogP contribution in [0.3, 0.4) is 0 Å². The van der Waals surface area contributed by atoms with Crippen LogP contribution in [0, 0.1) is 5.92 Å².